The predicted octanol–water partition coefficient (Wildman–Crippen LogP) is 4.97. The van der Waals surface area contributed by atoms with Gasteiger partial charge < -0.3 is 10.1 Å². The van der Waals surface area contributed by atoms with Crippen molar-refractivity contribution in [2.24, 2.45) is 0 Å². The molecule has 0 atom stereocenters. The van der Waals surface area contributed by atoms with Crippen molar-refractivity contribution < 1.29 is 4.74 Å². The Bertz CT molecular complexity index is 581. The molecule has 0 aliphatic carbocycles. The van der Waals surface area contributed by atoms with E-state index in [0.717, 1.165) is 28.0 Å². The molecule has 0 amide bonds. The summed E-state index contributed by atoms with van der Waals surface area (Å²) < 4.78 is 6.89. The Kier molecular flexibility index (Phi) is 5.69. The van der Waals surface area contributed by atoms with Crippen LogP contribution < -0.4 is 10.1 Å². The average molecular weight is 332 g/mol. The van der Waals surface area contributed by atoms with Gasteiger partial charge in [-0.3, -0.25) is 0 Å². The highest BCUT2D eigenvalue weighted by atomic mass is 79.9. The monoisotopic (exact) mass is 331 g/mol. The highest BCUT2D eigenvalue weighted by molar-refractivity contribution is 9.10. The molecule has 0 spiro atoms. The standard InChI is InChI=1S/C17H18BrNO/c1-2-7-14-8-3-6-11-17(14)20-13-12-19-16-10-5-4-9-15(16)18/h2-11,19H,12-13H2,1H3. The molecule has 2 rings (SSSR count). The summed E-state index contributed by atoms with van der Waals surface area (Å²) >= 11 is 3.51. The van der Waals surface area contributed by atoms with Crippen LogP contribution in [0.2, 0.25) is 0 Å². The van der Waals surface area contributed by atoms with Crippen molar-refractivity contribution in [1.29, 1.82) is 0 Å². The van der Waals surface area contributed by atoms with E-state index in [2.05, 4.69) is 33.4 Å². The van der Waals surface area contributed by atoms with Crippen LogP contribution in [0, 0.1) is 0 Å². The molecule has 0 aromatic heterocycles. The van der Waals surface area contributed by atoms with Crippen molar-refractivity contribution in [3.8, 4) is 5.75 Å². The maximum atomic E-state index is 5.82. The van der Waals surface area contributed by atoms with Crippen LogP contribution in [0.15, 0.2) is 59.1 Å². The van der Waals surface area contributed by atoms with Gasteiger partial charge in [0.1, 0.15) is 12.4 Å². The molecule has 0 saturated carbocycles. The zero-order valence-corrected chi connectivity index (χ0v) is 13.1. The van der Waals surface area contributed by atoms with Gasteiger partial charge in [0.2, 0.25) is 0 Å². The van der Waals surface area contributed by atoms with Crippen molar-refractivity contribution in [3.05, 3.63) is 64.6 Å². The van der Waals surface area contributed by atoms with Gasteiger partial charge in [0.25, 0.3) is 0 Å². The smallest absolute Gasteiger partial charge is 0.126 e. The molecule has 0 bridgehead atoms. The van der Waals surface area contributed by atoms with Crippen LogP contribution in [0.3, 0.4) is 0 Å². The van der Waals surface area contributed by atoms with Gasteiger partial charge in [-0.25, -0.2) is 0 Å². The number of anilines is 1. The first kappa shape index (κ1) is 14.7. The molecule has 0 fully saturated rings. The Morgan fingerprint density at radius 2 is 1.85 bits per heavy atom. The Morgan fingerprint density at radius 3 is 2.65 bits per heavy atom. The lowest BCUT2D eigenvalue weighted by atomic mass is 10.2. The number of rotatable bonds is 6. The zero-order valence-electron chi connectivity index (χ0n) is 11.5. The zero-order chi connectivity index (χ0) is 14.2. The second-order valence-corrected chi connectivity index (χ2v) is 5.15. The summed E-state index contributed by atoms with van der Waals surface area (Å²) in [4.78, 5) is 0. The molecule has 3 heteroatoms. The summed E-state index contributed by atoms with van der Waals surface area (Å²) in [6, 6.07) is 16.1. The van der Waals surface area contributed by atoms with Gasteiger partial charge in [0, 0.05) is 22.3 Å². The number of para-hydroxylation sites is 2. The van der Waals surface area contributed by atoms with Crippen molar-refractivity contribution in [3.63, 3.8) is 0 Å². The van der Waals surface area contributed by atoms with Gasteiger partial charge in [0.15, 0.2) is 0 Å². The Labute approximate surface area is 128 Å². The third-order valence-corrected chi connectivity index (χ3v) is 3.51. The SMILES string of the molecule is CC=Cc1ccccc1OCCNc1ccccc1Br. The quantitative estimate of drug-likeness (QED) is 0.754. The Hall–Kier alpha value is -1.74. The fourth-order valence-corrected chi connectivity index (χ4v) is 2.31. The van der Waals surface area contributed by atoms with Crippen molar-refractivity contribution in [2.45, 2.75) is 6.92 Å². The minimum Gasteiger partial charge on any atom is -0.491 e. The first-order chi connectivity index (χ1) is 9.81. The van der Waals surface area contributed by atoms with E-state index < -0.39 is 0 Å². The summed E-state index contributed by atoms with van der Waals surface area (Å²) in [5.74, 6) is 0.916. The Morgan fingerprint density at radius 1 is 1.10 bits per heavy atom. The van der Waals surface area contributed by atoms with E-state index in [1.165, 1.54) is 0 Å². The lowest BCUT2D eigenvalue weighted by molar-refractivity contribution is 0.332. The molecule has 104 valence electrons. The predicted molar refractivity (Wildman–Crippen MR) is 89.3 cm³/mol. The lowest BCUT2D eigenvalue weighted by Gasteiger charge is -2.11. The largest absolute Gasteiger partial charge is 0.491 e. The number of ether oxygens (including phenoxy) is 1. The van der Waals surface area contributed by atoms with E-state index in [-0.39, 0.29) is 0 Å². The van der Waals surface area contributed by atoms with E-state index in [4.69, 9.17) is 4.74 Å². The fourth-order valence-electron chi connectivity index (χ4n) is 1.88. The maximum absolute atomic E-state index is 5.82. The fraction of sp³-hybridized carbons (Fsp3) is 0.176. The summed E-state index contributed by atoms with van der Waals surface area (Å²) in [5, 5.41) is 3.34. The molecule has 1 N–H and O–H groups in total. The molecule has 2 nitrogen and oxygen atoms in total. The molecule has 2 aromatic carbocycles. The number of benzene rings is 2. The third kappa shape index (κ3) is 4.14. The van der Waals surface area contributed by atoms with Crippen LogP contribution in [-0.4, -0.2) is 13.2 Å². The maximum Gasteiger partial charge on any atom is 0.126 e. The van der Waals surface area contributed by atoms with Crippen LogP contribution in [0.1, 0.15) is 12.5 Å². The van der Waals surface area contributed by atoms with E-state index in [0.29, 0.717) is 6.61 Å². The molecule has 0 aliphatic rings. The molecule has 2 aromatic rings. The van der Waals surface area contributed by atoms with E-state index in [1.807, 2.05) is 55.5 Å². The Balaban J connectivity index is 1.86. The molecular formula is C17H18BrNO. The molecular weight excluding hydrogens is 314 g/mol. The second kappa shape index (κ2) is 7.75. The van der Waals surface area contributed by atoms with Crippen LogP contribution in [0.4, 0.5) is 5.69 Å². The van der Waals surface area contributed by atoms with Gasteiger partial charge in [-0.15, -0.1) is 0 Å². The molecule has 0 heterocycles. The van der Waals surface area contributed by atoms with Crippen LogP contribution in [0.25, 0.3) is 6.08 Å². The minimum absolute atomic E-state index is 0.621. The van der Waals surface area contributed by atoms with Crippen LogP contribution in [-0.2, 0) is 0 Å². The first-order valence-electron chi connectivity index (χ1n) is 6.64. The summed E-state index contributed by atoms with van der Waals surface area (Å²) in [6.45, 7) is 3.38. The lowest BCUT2D eigenvalue weighted by Crippen LogP contribution is -2.12. The van der Waals surface area contributed by atoms with E-state index in [9.17, 15) is 0 Å². The third-order valence-electron chi connectivity index (χ3n) is 2.81. The van der Waals surface area contributed by atoms with Gasteiger partial charge >= 0.3 is 0 Å². The van der Waals surface area contributed by atoms with Gasteiger partial charge in [-0.05, 0) is 41.1 Å². The molecule has 0 aliphatic heterocycles. The van der Waals surface area contributed by atoms with Crippen molar-refractivity contribution in [2.75, 3.05) is 18.5 Å². The second-order valence-electron chi connectivity index (χ2n) is 4.29. The van der Waals surface area contributed by atoms with Crippen LogP contribution in [0.5, 0.6) is 5.75 Å². The van der Waals surface area contributed by atoms with Crippen molar-refractivity contribution >= 4 is 27.7 Å². The molecule has 0 saturated heterocycles. The van der Waals surface area contributed by atoms with E-state index in [1.54, 1.807) is 0 Å². The molecule has 20 heavy (non-hydrogen) atoms. The number of hydrogen-bond donors (Lipinski definition) is 1. The topological polar surface area (TPSA) is 21.3 Å². The normalized spacial score (nSPS) is 10.7. The minimum atomic E-state index is 0.621. The highest BCUT2D eigenvalue weighted by Gasteiger charge is 2.00. The van der Waals surface area contributed by atoms with E-state index >= 15 is 0 Å². The number of hydrogen-bond acceptors (Lipinski definition) is 2. The summed E-state index contributed by atoms with van der Waals surface area (Å²) in [5.41, 5.74) is 2.19. The first-order valence-corrected chi connectivity index (χ1v) is 7.43. The molecule has 0 unspecified atom stereocenters. The molecule has 0 radical (unpaired) electrons. The van der Waals surface area contributed by atoms with Gasteiger partial charge in [0.05, 0.1) is 0 Å². The number of halogens is 1. The van der Waals surface area contributed by atoms with Gasteiger partial charge in [-0.1, -0.05) is 42.5 Å². The average Bonchev–Trinajstić information content (AvgIpc) is 2.47. The summed E-state index contributed by atoms with van der Waals surface area (Å²) in [6.07, 6.45) is 4.07. The summed E-state index contributed by atoms with van der Waals surface area (Å²) in [7, 11) is 0. The highest BCUT2D eigenvalue weighted by Crippen LogP contribution is 2.21. The number of nitrogens with one attached hydrogen (secondary N) is 1. The number of allylic oxidation sites excluding steroid dienone is 1. The van der Waals surface area contributed by atoms with Crippen molar-refractivity contribution in [1.82, 2.24) is 0 Å². The van der Waals surface area contributed by atoms with Crippen LogP contribution >= 0.6 is 15.9 Å². The van der Waals surface area contributed by atoms with Gasteiger partial charge in [-0.2, -0.15) is 0 Å².